The standard InChI is InChI=1S/C25H27NO6/c1-14(2)31-11-5-10-26-22(16-7-8-18(27)20(13-16)30-4)21-23(28)17-12-15(3)6-9-19(17)32-24(21)25(26)29/h6-9,12-14,22,27H,5,10-11H2,1-4H3/t22-/m1/s1. The van der Waals surface area contributed by atoms with Gasteiger partial charge in [-0.1, -0.05) is 17.7 Å². The fourth-order valence-corrected chi connectivity index (χ4v) is 4.13. The third kappa shape index (κ3) is 3.84. The lowest BCUT2D eigenvalue weighted by Gasteiger charge is -2.25. The summed E-state index contributed by atoms with van der Waals surface area (Å²) in [4.78, 5) is 28.5. The van der Waals surface area contributed by atoms with Gasteiger partial charge in [0.05, 0.1) is 30.2 Å². The first kappa shape index (κ1) is 21.9. The van der Waals surface area contributed by atoms with Crippen LogP contribution in [0.2, 0.25) is 0 Å². The number of phenolic OH excluding ortho intramolecular Hbond substituents is 1. The van der Waals surface area contributed by atoms with Gasteiger partial charge in [0.25, 0.3) is 5.91 Å². The molecule has 7 heteroatoms. The van der Waals surface area contributed by atoms with Gasteiger partial charge in [0.2, 0.25) is 5.76 Å². The molecule has 1 aliphatic heterocycles. The minimum absolute atomic E-state index is 0.0150. The molecule has 0 bridgehead atoms. The number of ether oxygens (including phenoxy) is 2. The van der Waals surface area contributed by atoms with Gasteiger partial charge in [0.1, 0.15) is 5.58 Å². The molecule has 2 heterocycles. The zero-order valence-electron chi connectivity index (χ0n) is 18.7. The van der Waals surface area contributed by atoms with Gasteiger partial charge in [-0.15, -0.1) is 0 Å². The molecule has 3 aromatic rings. The van der Waals surface area contributed by atoms with Gasteiger partial charge in [0.15, 0.2) is 16.9 Å². The number of hydrogen-bond donors (Lipinski definition) is 1. The van der Waals surface area contributed by atoms with Crippen LogP contribution in [0.5, 0.6) is 11.5 Å². The normalized spacial score (nSPS) is 15.6. The molecule has 168 valence electrons. The van der Waals surface area contributed by atoms with Crippen molar-refractivity contribution < 1.29 is 23.8 Å². The number of methoxy groups -OCH3 is 1. The molecule has 1 atom stereocenters. The summed E-state index contributed by atoms with van der Waals surface area (Å²) < 4.78 is 16.8. The third-order valence-corrected chi connectivity index (χ3v) is 5.64. The van der Waals surface area contributed by atoms with Crippen molar-refractivity contribution in [1.29, 1.82) is 0 Å². The fourth-order valence-electron chi connectivity index (χ4n) is 4.13. The Labute approximate surface area is 186 Å². The van der Waals surface area contributed by atoms with E-state index in [2.05, 4.69) is 0 Å². The van der Waals surface area contributed by atoms with Crippen LogP contribution < -0.4 is 10.2 Å². The molecule has 2 aromatic carbocycles. The number of hydrogen-bond acceptors (Lipinski definition) is 6. The smallest absolute Gasteiger partial charge is 0.290 e. The molecule has 1 aliphatic rings. The number of amides is 1. The van der Waals surface area contributed by atoms with Crippen molar-refractivity contribution in [2.45, 2.75) is 39.3 Å². The third-order valence-electron chi connectivity index (χ3n) is 5.64. The number of rotatable bonds is 7. The second-order valence-electron chi connectivity index (χ2n) is 8.28. The molecular weight excluding hydrogens is 410 g/mol. The summed E-state index contributed by atoms with van der Waals surface area (Å²) in [7, 11) is 1.46. The molecule has 32 heavy (non-hydrogen) atoms. The molecule has 0 saturated heterocycles. The molecular formula is C25H27NO6. The summed E-state index contributed by atoms with van der Waals surface area (Å²) in [6, 6.07) is 9.55. The number of carbonyl (C=O) groups excluding carboxylic acids is 1. The highest BCUT2D eigenvalue weighted by molar-refractivity contribution is 5.99. The quantitative estimate of drug-likeness (QED) is 0.558. The van der Waals surface area contributed by atoms with Crippen molar-refractivity contribution in [3.05, 3.63) is 69.1 Å². The molecule has 1 amide bonds. The number of aromatic hydroxyl groups is 1. The van der Waals surface area contributed by atoms with Crippen molar-refractivity contribution in [3.8, 4) is 11.5 Å². The highest BCUT2D eigenvalue weighted by Crippen LogP contribution is 2.40. The van der Waals surface area contributed by atoms with Crippen LogP contribution in [0.3, 0.4) is 0 Å². The molecule has 1 N–H and O–H groups in total. The highest BCUT2D eigenvalue weighted by Gasteiger charge is 2.42. The van der Waals surface area contributed by atoms with Gasteiger partial charge >= 0.3 is 0 Å². The first-order valence-electron chi connectivity index (χ1n) is 10.7. The largest absolute Gasteiger partial charge is 0.504 e. The topological polar surface area (TPSA) is 89.2 Å². The summed E-state index contributed by atoms with van der Waals surface area (Å²) >= 11 is 0. The van der Waals surface area contributed by atoms with E-state index in [1.54, 1.807) is 29.2 Å². The van der Waals surface area contributed by atoms with Crippen molar-refractivity contribution in [1.82, 2.24) is 4.90 Å². The van der Waals surface area contributed by atoms with Crippen LogP contribution in [0, 0.1) is 6.92 Å². The van der Waals surface area contributed by atoms with Crippen molar-refractivity contribution in [3.63, 3.8) is 0 Å². The minimum Gasteiger partial charge on any atom is -0.504 e. The van der Waals surface area contributed by atoms with Crippen molar-refractivity contribution in [2.75, 3.05) is 20.3 Å². The average molecular weight is 437 g/mol. The van der Waals surface area contributed by atoms with Crippen LogP contribution in [0.1, 0.15) is 53.6 Å². The van der Waals surface area contributed by atoms with Crippen molar-refractivity contribution >= 4 is 16.9 Å². The van der Waals surface area contributed by atoms with Gasteiger partial charge < -0.3 is 23.9 Å². The van der Waals surface area contributed by atoms with Gasteiger partial charge in [-0.05, 0) is 57.0 Å². The van der Waals surface area contributed by atoms with E-state index in [0.29, 0.717) is 41.7 Å². The number of fused-ring (bicyclic) bond motifs is 2. The maximum atomic E-state index is 13.5. The van der Waals surface area contributed by atoms with E-state index < -0.39 is 6.04 Å². The molecule has 0 aliphatic carbocycles. The summed E-state index contributed by atoms with van der Waals surface area (Å²) in [5.74, 6) is -0.0132. The molecule has 7 nitrogen and oxygen atoms in total. The predicted molar refractivity (Wildman–Crippen MR) is 120 cm³/mol. The average Bonchev–Trinajstić information content (AvgIpc) is 3.04. The molecule has 0 radical (unpaired) electrons. The lowest BCUT2D eigenvalue weighted by atomic mass is 9.97. The fraction of sp³-hybridized carbons (Fsp3) is 0.360. The van der Waals surface area contributed by atoms with Crippen LogP contribution in [0.25, 0.3) is 11.0 Å². The number of nitrogens with zero attached hydrogens (tertiary/aromatic N) is 1. The summed E-state index contributed by atoms with van der Waals surface area (Å²) in [6.45, 7) is 6.70. The zero-order valence-corrected chi connectivity index (χ0v) is 18.7. The monoisotopic (exact) mass is 437 g/mol. The molecule has 0 fully saturated rings. The Bertz CT molecular complexity index is 1230. The van der Waals surface area contributed by atoms with E-state index in [-0.39, 0.29) is 34.7 Å². The Hall–Kier alpha value is -3.32. The Morgan fingerprint density at radius 1 is 1.16 bits per heavy atom. The predicted octanol–water partition coefficient (Wildman–Crippen LogP) is 4.18. The van der Waals surface area contributed by atoms with Crippen molar-refractivity contribution in [2.24, 2.45) is 0 Å². The first-order valence-corrected chi connectivity index (χ1v) is 10.7. The van der Waals surface area contributed by atoms with E-state index in [4.69, 9.17) is 13.9 Å². The van der Waals surface area contributed by atoms with Gasteiger partial charge in [-0.3, -0.25) is 9.59 Å². The van der Waals surface area contributed by atoms with E-state index in [1.165, 1.54) is 13.2 Å². The summed E-state index contributed by atoms with van der Waals surface area (Å²) in [6.07, 6.45) is 0.701. The van der Waals surface area contributed by atoms with E-state index in [9.17, 15) is 14.7 Å². The van der Waals surface area contributed by atoms with Crippen LogP contribution in [0.4, 0.5) is 0 Å². The van der Waals surface area contributed by atoms with Gasteiger partial charge in [-0.25, -0.2) is 0 Å². The lowest BCUT2D eigenvalue weighted by Crippen LogP contribution is -2.31. The Morgan fingerprint density at radius 2 is 1.94 bits per heavy atom. The molecule has 1 aromatic heterocycles. The Kier molecular flexibility index (Phi) is 5.93. The Balaban J connectivity index is 1.85. The molecule has 4 rings (SSSR count). The highest BCUT2D eigenvalue weighted by atomic mass is 16.5. The molecule has 0 saturated carbocycles. The van der Waals surface area contributed by atoms with E-state index in [0.717, 1.165) is 5.56 Å². The minimum atomic E-state index is -0.646. The van der Waals surface area contributed by atoms with Gasteiger partial charge in [-0.2, -0.15) is 0 Å². The number of aryl methyl sites for hydroxylation is 1. The van der Waals surface area contributed by atoms with Crippen LogP contribution in [-0.2, 0) is 4.74 Å². The molecule has 0 unspecified atom stereocenters. The SMILES string of the molecule is COc1cc([C@@H]2c3c(oc4ccc(C)cc4c3=O)C(=O)N2CCCOC(C)C)ccc1O. The van der Waals surface area contributed by atoms with E-state index in [1.807, 2.05) is 26.8 Å². The maximum Gasteiger partial charge on any atom is 0.290 e. The van der Waals surface area contributed by atoms with Crippen LogP contribution in [-0.4, -0.2) is 42.3 Å². The maximum absolute atomic E-state index is 13.5. The number of phenols is 1. The number of carbonyl (C=O) groups is 1. The second kappa shape index (κ2) is 8.67. The zero-order chi connectivity index (χ0) is 23.0. The second-order valence-corrected chi connectivity index (χ2v) is 8.28. The van der Waals surface area contributed by atoms with Gasteiger partial charge in [0, 0.05) is 13.2 Å². The number of benzene rings is 2. The molecule has 0 spiro atoms. The van der Waals surface area contributed by atoms with E-state index >= 15 is 0 Å². The lowest BCUT2D eigenvalue weighted by molar-refractivity contribution is 0.0593. The Morgan fingerprint density at radius 3 is 2.66 bits per heavy atom. The van der Waals surface area contributed by atoms with Crippen LogP contribution >= 0.6 is 0 Å². The summed E-state index contributed by atoms with van der Waals surface area (Å²) in [5.41, 5.74) is 2.07. The van der Waals surface area contributed by atoms with Crippen LogP contribution in [0.15, 0.2) is 45.6 Å². The summed E-state index contributed by atoms with van der Waals surface area (Å²) in [5, 5.41) is 10.5. The first-order chi connectivity index (χ1) is 15.3.